The summed E-state index contributed by atoms with van der Waals surface area (Å²) >= 11 is 0. The van der Waals surface area contributed by atoms with Gasteiger partial charge in [-0.1, -0.05) is 0 Å². The largest absolute Gasteiger partial charge is 0.479 e. The van der Waals surface area contributed by atoms with Crippen molar-refractivity contribution >= 4 is 12.1 Å². The first-order chi connectivity index (χ1) is 9.05. The van der Waals surface area contributed by atoms with Crippen molar-refractivity contribution in [2.75, 3.05) is 13.1 Å². The molecule has 2 fully saturated rings. The Kier molecular flexibility index (Phi) is 3.47. The summed E-state index contributed by atoms with van der Waals surface area (Å²) in [5.41, 5.74) is -2.72. The van der Waals surface area contributed by atoms with Crippen LogP contribution in [0.1, 0.15) is 46.5 Å². The molecule has 0 aromatic rings. The molecule has 1 saturated heterocycles. The van der Waals surface area contributed by atoms with Gasteiger partial charge < -0.3 is 14.7 Å². The lowest BCUT2D eigenvalue weighted by atomic mass is 9.65. The van der Waals surface area contributed by atoms with E-state index in [0.717, 1.165) is 0 Å². The van der Waals surface area contributed by atoms with Gasteiger partial charge in [0, 0.05) is 18.5 Å². The van der Waals surface area contributed by atoms with Crippen molar-refractivity contribution in [3.05, 3.63) is 0 Å². The van der Waals surface area contributed by atoms with Gasteiger partial charge in [-0.25, -0.2) is 14.0 Å². The fourth-order valence-electron chi connectivity index (χ4n) is 2.93. The SMILES string of the molecule is CC(C)(C)OC(=O)N1CC2(CCC(F)(C(=O)O)CC2)C1. The topological polar surface area (TPSA) is 66.8 Å². The van der Waals surface area contributed by atoms with E-state index in [1.165, 1.54) is 0 Å². The van der Waals surface area contributed by atoms with Crippen LogP contribution in [0.2, 0.25) is 0 Å². The van der Waals surface area contributed by atoms with Crippen molar-refractivity contribution in [2.45, 2.75) is 57.7 Å². The van der Waals surface area contributed by atoms with E-state index in [-0.39, 0.29) is 24.3 Å². The minimum atomic E-state index is -2.09. The lowest BCUT2D eigenvalue weighted by Crippen LogP contribution is -2.61. The van der Waals surface area contributed by atoms with Gasteiger partial charge in [0.1, 0.15) is 5.60 Å². The lowest BCUT2D eigenvalue weighted by molar-refractivity contribution is -0.158. The number of carbonyl (C=O) groups excluding carboxylic acids is 1. The summed E-state index contributed by atoms with van der Waals surface area (Å²) < 4.78 is 19.2. The van der Waals surface area contributed by atoms with Gasteiger partial charge >= 0.3 is 12.1 Å². The summed E-state index contributed by atoms with van der Waals surface area (Å²) in [6, 6.07) is 0. The zero-order valence-electron chi connectivity index (χ0n) is 12.2. The molecule has 0 aromatic carbocycles. The maximum atomic E-state index is 14.0. The first-order valence-electron chi connectivity index (χ1n) is 6.96. The Labute approximate surface area is 118 Å². The van der Waals surface area contributed by atoms with Gasteiger partial charge in [-0.05, 0) is 46.5 Å². The Morgan fingerprint density at radius 1 is 1.15 bits per heavy atom. The van der Waals surface area contributed by atoms with Crippen LogP contribution in [0.25, 0.3) is 0 Å². The molecule has 2 aliphatic rings. The molecule has 1 amide bonds. The predicted molar refractivity (Wildman–Crippen MR) is 70.2 cm³/mol. The number of rotatable bonds is 1. The van der Waals surface area contributed by atoms with E-state index in [9.17, 15) is 14.0 Å². The molecule has 1 spiro atoms. The number of hydrogen-bond acceptors (Lipinski definition) is 3. The van der Waals surface area contributed by atoms with E-state index >= 15 is 0 Å². The Morgan fingerprint density at radius 3 is 2.05 bits per heavy atom. The van der Waals surface area contributed by atoms with E-state index in [0.29, 0.717) is 25.9 Å². The lowest BCUT2D eigenvalue weighted by Gasteiger charge is -2.53. The number of amides is 1. The molecule has 0 bridgehead atoms. The average Bonchev–Trinajstić information content (AvgIpc) is 2.24. The molecule has 1 saturated carbocycles. The van der Waals surface area contributed by atoms with Crippen LogP contribution in [0.4, 0.5) is 9.18 Å². The molecule has 1 aliphatic heterocycles. The fourth-order valence-corrected chi connectivity index (χ4v) is 2.93. The third-order valence-electron chi connectivity index (χ3n) is 4.19. The van der Waals surface area contributed by atoms with E-state index in [1.807, 2.05) is 20.8 Å². The summed E-state index contributed by atoms with van der Waals surface area (Å²) in [6.07, 6.45) is 0.734. The summed E-state index contributed by atoms with van der Waals surface area (Å²) in [7, 11) is 0. The van der Waals surface area contributed by atoms with E-state index < -0.39 is 17.2 Å². The third kappa shape index (κ3) is 2.88. The second kappa shape index (κ2) is 4.60. The van der Waals surface area contributed by atoms with Gasteiger partial charge in [-0.3, -0.25) is 0 Å². The maximum Gasteiger partial charge on any atom is 0.410 e. The van der Waals surface area contributed by atoms with Crippen LogP contribution in [0.5, 0.6) is 0 Å². The number of ether oxygens (including phenoxy) is 1. The smallest absolute Gasteiger partial charge is 0.410 e. The van der Waals surface area contributed by atoms with Gasteiger partial charge in [-0.2, -0.15) is 0 Å². The molecule has 0 radical (unpaired) electrons. The quantitative estimate of drug-likeness (QED) is 0.805. The van der Waals surface area contributed by atoms with Crippen molar-refractivity contribution in [3.63, 3.8) is 0 Å². The predicted octanol–water partition coefficient (Wildman–Crippen LogP) is 2.59. The number of carbonyl (C=O) groups is 2. The minimum Gasteiger partial charge on any atom is -0.479 e. The summed E-state index contributed by atoms with van der Waals surface area (Å²) in [4.78, 5) is 24.3. The molecular weight excluding hydrogens is 265 g/mol. The Balaban J connectivity index is 1.85. The summed E-state index contributed by atoms with van der Waals surface area (Å²) in [5.74, 6) is -1.37. The van der Waals surface area contributed by atoms with Gasteiger partial charge in [0.2, 0.25) is 5.67 Å². The Hall–Kier alpha value is -1.33. The number of halogens is 1. The average molecular weight is 287 g/mol. The van der Waals surface area contributed by atoms with Crippen LogP contribution < -0.4 is 0 Å². The van der Waals surface area contributed by atoms with Crippen molar-refractivity contribution in [3.8, 4) is 0 Å². The van der Waals surface area contributed by atoms with Gasteiger partial charge in [0.05, 0.1) is 0 Å². The number of alkyl halides is 1. The molecule has 0 unspecified atom stereocenters. The molecular formula is C14H22FNO4. The normalized spacial score (nSPS) is 24.1. The van der Waals surface area contributed by atoms with Crippen LogP contribution in [0, 0.1) is 5.41 Å². The molecule has 6 heteroatoms. The molecule has 5 nitrogen and oxygen atoms in total. The van der Waals surface area contributed by atoms with Crippen molar-refractivity contribution in [1.82, 2.24) is 4.90 Å². The van der Waals surface area contributed by atoms with Crippen molar-refractivity contribution in [2.24, 2.45) is 5.41 Å². The summed E-state index contributed by atoms with van der Waals surface area (Å²) in [5, 5.41) is 8.87. The highest BCUT2D eigenvalue weighted by molar-refractivity contribution is 5.77. The third-order valence-corrected chi connectivity index (χ3v) is 4.19. The molecule has 1 N–H and O–H groups in total. The van der Waals surface area contributed by atoms with Crippen LogP contribution in [-0.4, -0.2) is 46.4 Å². The zero-order chi connectivity index (χ0) is 15.2. The number of hydrogen-bond donors (Lipinski definition) is 1. The molecule has 1 aliphatic carbocycles. The highest BCUT2D eigenvalue weighted by Crippen LogP contribution is 2.48. The van der Waals surface area contributed by atoms with Gasteiger partial charge in [-0.15, -0.1) is 0 Å². The maximum absolute atomic E-state index is 14.0. The molecule has 0 aromatic heterocycles. The number of likely N-dealkylation sites (tertiary alicyclic amines) is 1. The molecule has 20 heavy (non-hydrogen) atoms. The van der Waals surface area contributed by atoms with E-state index in [2.05, 4.69) is 0 Å². The molecule has 114 valence electrons. The second-order valence-electron chi connectivity index (χ2n) is 7.11. The highest BCUT2D eigenvalue weighted by Gasteiger charge is 2.53. The molecule has 0 atom stereocenters. The monoisotopic (exact) mass is 287 g/mol. The second-order valence-corrected chi connectivity index (χ2v) is 7.11. The van der Waals surface area contributed by atoms with Gasteiger partial charge in [0.15, 0.2) is 0 Å². The minimum absolute atomic E-state index is 0.0322. The number of carboxylic acids is 1. The molecule has 2 rings (SSSR count). The summed E-state index contributed by atoms with van der Waals surface area (Å²) in [6.45, 7) is 6.51. The zero-order valence-corrected chi connectivity index (χ0v) is 12.2. The van der Waals surface area contributed by atoms with E-state index in [4.69, 9.17) is 9.84 Å². The Morgan fingerprint density at radius 2 is 1.65 bits per heavy atom. The van der Waals surface area contributed by atoms with Crippen molar-refractivity contribution in [1.29, 1.82) is 0 Å². The Bertz CT molecular complexity index is 413. The number of nitrogens with zero attached hydrogens (tertiary/aromatic N) is 1. The van der Waals surface area contributed by atoms with Crippen LogP contribution in [0.15, 0.2) is 0 Å². The van der Waals surface area contributed by atoms with Crippen molar-refractivity contribution < 1.29 is 23.8 Å². The van der Waals surface area contributed by atoms with Crippen LogP contribution >= 0.6 is 0 Å². The van der Waals surface area contributed by atoms with Crippen LogP contribution in [-0.2, 0) is 9.53 Å². The fraction of sp³-hybridized carbons (Fsp3) is 0.857. The number of aliphatic carboxylic acids is 1. The molecule has 1 heterocycles. The van der Waals surface area contributed by atoms with E-state index in [1.54, 1.807) is 4.90 Å². The van der Waals surface area contributed by atoms with Gasteiger partial charge in [0.25, 0.3) is 0 Å². The number of carboxylic acid groups (broad SMARTS) is 1. The first kappa shape index (κ1) is 15.1. The first-order valence-corrected chi connectivity index (χ1v) is 6.96. The van der Waals surface area contributed by atoms with Crippen LogP contribution in [0.3, 0.4) is 0 Å². The standard InChI is InChI=1S/C14H22FNO4/c1-12(2,3)20-11(19)16-8-13(9-16)4-6-14(15,7-5-13)10(17)18/h4-9H2,1-3H3,(H,17,18). The highest BCUT2D eigenvalue weighted by atomic mass is 19.1.